The van der Waals surface area contributed by atoms with E-state index in [1.807, 2.05) is 0 Å². The average Bonchev–Trinajstić information content (AvgIpc) is 2.47. The van der Waals surface area contributed by atoms with Crippen molar-refractivity contribution in [2.45, 2.75) is 24.0 Å². The molecule has 0 aromatic heterocycles. The molecular formula is C14H18F2N2O3S. The number of carbonyl (C=O) groups is 1. The van der Waals surface area contributed by atoms with Crippen LogP contribution in [0, 0.1) is 0 Å². The molecule has 2 rings (SSSR count). The monoisotopic (exact) mass is 332 g/mol. The Labute approximate surface area is 128 Å². The summed E-state index contributed by atoms with van der Waals surface area (Å²) in [6.07, 6.45) is -1.30. The normalized spacial score (nSPS) is 18.2. The van der Waals surface area contributed by atoms with Gasteiger partial charge in [0.2, 0.25) is 5.91 Å². The first kappa shape index (κ1) is 16.8. The van der Waals surface area contributed by atoms with Crippen LogP contribution in [0.1, 0.15) is 24.8 Å². The number of sulfone groups is 1. The highest BCUT2D eigenvalue weighted by Crippen LogP contribution is 2.30. The molecule has 2 N–H and O–H groups in total. The van der Waals surface area contributed by atoms with Gasteiger partial charge in [0.05, 0.1) is 0 Å². The Hall–Kier alpha value is -1.54. The van der Waals surface area contributed by atoms with Gasteiger partial charge in [-0.1, -0.05) is 12.1 Å². The van der Waals surface area contributed by atoms with Crippen molar-refractivity contribution in [3.8, 4) is 0 Å². The summed E-state index contributed by atoms with van der Waals surface area (Å²) in [4.78, 5) is 12.5. The highest BCUT2D eigenvalue weighted by atomic mass is 32.2. The third-order valence-electron chi connectivity index (χ3n) is 3.93. The summed E-state index contributed by atoms with van der Waals surface area (Å²) in [6, 6.07) is 5.25. The fourth-order valence-corrected chi connectivity index (χ4v) is 3.93. The van der Waals surface area contributed by atoms with Crippen LogP contribution in [-0.4, -0.2) is 38.4 Å². The van der Waals surface area contributed by atoms with Gasteiger partial charge in [-0.3, -0.25) is 4.79 Å². The Morgan fingerprint density at radius 1 is 1.32 bits per heavy atom. The molecule has 0 atom stereocenters. The van der Waals surface area contributed by atoms with Crippen LogP contribution < -0.4 is 10.6 Å². The minimum atomic E-state index is -3.63. The number of anilines is 1. The van der Waals surface area contributed by atoms with E-state index in [0.29, 0.717) is 13.1 Å². The van der Waals surface area contributed by atoms with Crippen LogP contribution in [-0.2, 0) is 14.6 Å². The molecule has 1 heterocycles. The van der Waals surface area contributed by atoms with E-state index in [1.165, 1.54) is 18.2 Å². The van der Waals surface area contributed by atoms with E-state index in [0.717, 1.165) is 12.3 Å². The predicted molar refractivity (Wildman–Crippen MR) is 79.7 cm³/mol. The van der Waals surface area contributed by atoms with Gasteiger partial charge in [0.25, 0.3) is 6.43 Å². The first-order valence-electron chi connectivity index (χ1n) is 6.86. The highest BCUT2D eigenvalue weighted by Gasteiger charge is 2.48. The van der Waals surface area contributed by atoms with E-state index in [1.54, 1.807) is 0 Å². The molecule has 122 valence electrons. The molecule has 0 radical (unpaired) electrons. The highest BCUT2D eigenvalue weighted by molar-refractivity contribution is 7.92. The van der Waals surface area contributed by atoms with Crippen molar-refractivity contribution in [1.82, 2.24) is 5.32 Å². The van der Waals surface area contributed by atoms with E-state index in [-0.39, 0.29) is 24.1 Å². The van der Waals surface area contributed by atoms with Gasteiger partial charge in [0.1, 0.15) is 0 Å². The molecule has 8 heteroatoms. The summed E-state index contributed by atoms with van der Waals surface area (Å²) >= 11 is 0. The number of rotatable bonds is 4. The van der Waals surface area contributed by atoms with Gasteiger partial charge in [-0.05, 0) is 38.1 Å². The Morgan fingerprint density at radius 3 is 2.50 bits per heavy atom. The van der Waals surface area contributed by atoms with E-state index in [4.69, 9.17) is 0 Å². The lowest BCUT2D eigenvalue weighted by atomic mass is 9.95. The predicted octanol–water partition coefficient (Wildman–Crippen LogP) is 1.73. The van der Waals surface area contributed by atoms with Crippen molar-refractivity contribution in [3.63, 3.8) is 0 Å². The molecule has 0 aliphatic carbocycles. The van der Waals surface area contributed by atoms with Gasteiger partial charge in [-0.25, -0.2) is 17.2 Å². The smallest absolute Gasteiger partial charge is 0.263 e. The number of nitrogens with one attached hydrogen (secondary N) is 2. The van der Waals surface area contributed by atoms with E-state index in [2.05, 4.69) is 10.6 Å². The fraction of sp³-hybridized carbons (Fsp3) is 0.500. The van der Waals surface area contributed by atoms with Crippen LogP contribution in [0.4, 0.5) is 14.5 Å². The van der Waals surface area contributed by atoms with Crippen LogP contribution in [0.3, 0.4) is 0 Å². The maximum atomic E-state index is 12.7. The molecule has 0 spiro atoms. The maximum Gasteiger partial charge on any atom is 0.263 e. The SMILES string of the molecule is CS(=O)(=O)C1(C(=O)Nc2cccc(C(F)F)c2)CCNCC1. The molecule has 1 saturated heterocycles. The van der Waals surface area contributed by atoms with Crippen molar-refractivity contribution < 1.29 is 22.0 Å². The Balaban J connectivity index is 2.28. The van der Waals surface area contributed by atoms with Gasteiger partial charge < -0.3 is 10.6 Å². The lowest BCUT2D eigenvalue weighted by molar-refractivity contribution is -0.119. The second-order valence-corrected chi connectivity index (χ2v) is 7.72. The standard InChI is InChI=1S/C14H18F2N2O3S/c1-22(20,21)14(5-7-17-8-6-14)13(19)18-11-4-2-3-10(9-11)12(15)16/h2-4,9,12,17H,5-8H2,1H3,(H,18,19). The van der Waals surface area contributed by atoms with Gasteiger partial charge >= 0.3 is 0 Å². The van der Waals surface area contributed by atoms with Crippen molar-refractivity contribution >= 4 is 21.4 Å². The first-order valence-corrected chi connectivity index (χ1v) is 8.75. The summed E-state index contributed by atoms with van der Waals surface area (Å²) < 4.78 is 48.1. The van der Waals surface area contributed by atoms with Crippen molar-refractivity contribution in [3.05, 3.63) is 29.8 Å². The lowest BCUT2D eigenvalue weighted by Gasteiger charge is -2.34. The third-order valence-corrected chi connectivity index (χ3v) is 5.94. The Bertz CT molecular complexity index is 656. The Kier molecular flexibility index (Phi) is 4.81. The van der Waals surface area contributed by atoms with E-state index < -0.39 is 26.9 Å². The van der Waals surface area contributed by atoms with E-state index >= 15 is 0 Å². The molecule has 1 aromatic rings. The van der Waals surface area contributed by atoms with Gasteiger partial charge in [-0.2, -0.15) is 0 Å². The van der Waals surface area contributed by atoms with Crippen molar-refractivity contribution in [2.24, 2.45) is 0 Å². The zero-order valence-corrected chi connectivity index (χ0v) is 12.9. The molecule has 1 aliphatic rings. The lowest BCUT2D eigenvalue weighted by Crippen LogP contribution is -2.55. The van der Waals surface area contributed by atoms with Crippen LogP contribution >= 0.6 is 0 Å². The zero-order valence-electron chi connectivity index (χ0n) is 12.1. The fourth-order valence-electron chi connectivity index (χ4n) is 2.59. The number of benzene rings is 1. The minimum absolute atomic E-state index is 0.159. The van der Waals surface area contributed by atoms with Crippen LogP contribution in [0.2, 0.25) is 0 Å². The van der Waals surface area contributed by atoms with Crippen molar-refractivity contribution in [2.75, 3.05) is 24.7 Å². The molecular weight excluding hydrogens is 314 g/mol. The summed E-state index contributed by atoms with van der Waals surface area (Å²) in [7, 11) is -3.63. The molecule has 0 bridgehead atoms. The quantitative estimate of drug-likeness (QED) is 0.880. The summed E-state index contributed by atoms with van der Waals surface area (Å²) in [5, 5.41) is 5.49. The van der Waals surface area contributed by atoms with E-state index in [9.17, 15) is 22.0 Å². The number of hydrogen-bond acceptors (Lipinski definition) is 4. The molecule has 0 saturated carbocycles. The first-order chi connectivity index (χ1) is 10.3. The number of alkyl halides is 2. The summed E-state index contributed by atoms with van der Waals surface area (Å²) in [6.45, 7) is 0.828. The second kappa shape index (κ2) is 6.29. The van der Waals surface area contributed by atoms with Crippen LogP contribution in [0.5, 0.6) is 0 Å². The van der Waals surface area contributed by atoms with Crippen LogP contribution in [0.15, 0.2) is 24.3 Å². The minimum Gasteiger partial charge on any atom is -0.325 e. The number of halogens is 2. The number of amides is 1. The van der Waals surface area contributed by atoms with Crippen molar-refractivity contribution in [1.29, 1.82) is 0 Å². The molecule has 0 unspecified atom stereocenters. The second-order valence-electron chi connectivity index (χ2n) is 5.40. The molecule has 1 amide bonds. The summed E-state index contributed by atoms with van der Waals surface area (Å²) in [5.74, 6) is -0.664. The average molecular weight is 332 g/mol. The van der Waals surface area contributed by atoms with Gasteiger partial charge in [0.15, 0.2) is 14.6 Å². The Morgan fingerprint density at radius 2 is 1.95 bits per heavy atom. The third kappa shape index (κ3) is 3.27. The number of hydrogen-bond donors (Lipinski definition) is 2. The molecule has 22 heavy (non-hydrogen) atoms. The number of piperidine rings is 1. The number of carbonyl (C=O) groups excluding carboxylic acids is 1. The largest absolute Gasteiger partial charge is 0.325 e. The molecule has 1 aromatic carbocycles. The molecule has 1 fully saturated rings. The van der Waals surface area contributed by atoms with Crippen LogP contribution in [0.25, 0.3) is 0 Å². The van der Waals surface area contributed by atoms with Gasteiger partial charge in [-0.15, -0.1) is 0 Å². The summed E-state index contributed by atoms with van der Waals surface area (Å²) in [5.41, 5.74) is -0.0547. The molecule has 5 nitrogen and oxygen atoms in total. The molecule has 1 aliphatic heterocycles. The topological polar surface area (TPSA) is 75.3 Å². The van der Waals surface area contributed by atoms with Gasteiger partial charge in [0, 0.05) is 17.5 Å². The maximum absolute atomic E-state index is 12.7. The zero-order chi connectivity index (χ0) is 16.4.